The van der Waals surface area contributed by atoms with E-state index in [1.165, 1.54) is 5.56 Å². The van der Waals surface area contributed by atoms with Crippen molar-refractivity contribution >= 4 is 17.7 Å². The molecule has 6 nitrogen and oxygen atoms in total. The number of nitrogens with one attached hydrogen (secondary N) is 1. The minimum atomic E-state index is -0.144. The SMILES string of the molecule is CCSc1nnc(CNC(=O)c2ccc(C(C)(C)C)cc2)n1-c1ccccc1OC. The van der Waals surface area contributed by atoms with Gasteiger partial charge in [-0.2, -0.15) is 0 Å². The van der Waals surface area contributed by atoms with Crippen LogP contribution in [0.15, 0.2) is 53.7 Å². The molecule has 30 heavy (non-hydrogen) atoms. The summed E-state index contributed by atoms with van der Waals surface area (Å²) in [5.41, 5.74) is 2.71. The van der Waals surface area contributed by atoms with Gasteiger partial charge in [-0.3, -0.25) is 9.36 Å². The number of nitrogens with zero attached hydrogens (tertiary/aromatic N) is 3. The molecule has 0 atom stereocenters. The Balaban J connectivity index is 1.82. The van der Waals surface area contributed by atoms with Crippen LogP contribution >= 0.6 is 11.8 Å². The highest BCUT2D eigenvalue weighted by atomic mass is 32.2. The Morgan fingerprint density at radius 1 is 1.10 bits per heavy atom. The zero-order valence-electron chi connectivity index (χ0n) is 18.1. The molecule has 0 aliphatic heterocycles. The van der Waals surface area contributed by atoms with E-state index in [-0.39, 0.29) is 17.9 Å². The Morgan fingerprint density at radius 2 is 1.80 bits per heavy atom. The van der Waals surface area contributed by atoms with E-state index < -0.39 is 0 Å². The Hall–Kier alpha value is -2.80. The average molecular weight is 425 g/mol. The lowest BCUT2D eigenvalue weighted by molar-refractivity contribution is 0.0949. The second-order valence-corrected chi connectivity index (χ2v) is 9.08. The molecule has 0 fully saturated rings. The predicted octanol–water partition coefficient (Wildman–Crippen LogP) is 4.62. The van der Waals surface area contributed by atoms with Crippen LogP contribution in [0.3, 0.4) is 0 Å². The summed E-state index contributed by atoms with van der Waals surface area (Å²) in [5, 5.41) is 12.4. The molecular formula is C23H28N4O2S. The minimum Gasteiger partial charge on any atom is -0.495 e. The molecule has 0 aliphatic rings. The van der Waals surface area contributed by atoms with Crippen molar-refractivity contribution < 1.29 is 9.53 Å². The van der Waals surface area contributed by atoms with E-state index in [9.17, 15) is 4.79 Å². The first kappa shape index (κ1) is 21.9. The lowest BCUT2D eigenvalue weighted by Gasteiger charge is -2.19. The standard InChI is InChI=1S/C23H28N4O2S/c1-6-30-22-26-25-20(27(22)18-9-7-8-10-19(18)29-5)15-24-21(28)16-11-13-17(14-12-16)23(2,3)4/h7-14H,6,15H2,1-5H3,(H,24,28). The van der Waals surface area contributed by atoms with Crippen LogP contribution in [0, 0.1) is 0 Å². The molecule has 0 saturated carbocycles. The van der Waals surface area contributed by atoms with Crippen molar-refractivity contribution in [1.29, 1.82) is 0 Å². The van der Waals surface area contributed by atoms with Gasteiger partial charge in [0.05, 0.1) is 19.3 Å². The summed E-state index contributed by atoms with van der Waals surface area (Å²) in [7, 11) is 1.64. The van der Waals surface area contributed by atoms with Crippen LogP contribution in [0.2, 0.25) is 0 Å². The van der Waals surface area contributed by atoms with Gasteiger partial charge in [-0.25, -0.2) is 0 Å². The number of amides is 1. The highest BCUT2D eigenvalue weighted by molar-refractivity contribution is 7.99. The number of ether oxygens (including phenoxy) is 1. The van der Waals surface area contributed by atoms with Crippen molar-refractivity contribution in [2.75, 3.05) is 12.9 Å². The van der Waals surface area contributed by atoms with E-state index in [0.717, 1.165) is 22.3 Å². The Kier molecular flexibility index (Phi) is 6.82. The smallest absolute Gasteiger partial charge is 0.251 e. The third-order valence-electron chi connectivity index (χ3n) is 4.72. The molecule has 7 heteroatoms. The molecule has 2 aromatic carbocycles. The molecule has 3 aromatic rings. The number of thioether (sulfide) groups is 1. The third-order valence-corrected chi connectivity index (χ3v) is 5.53. The molecule has 1 heterocycles. The fourth-order valence-electron chi connectivity index (χ4n) is 3.08. The second kappa shape index (κ2) is 9.34. The van der Waals surface area contributed by atoms with Gasteiger partial charge in [-0.15, -0.1) is 10.2 Å². The summed E-state index contributed by atoms with van der Waals surface area (Å²) in [6.07, 6.45) is 0. The van der Waals surface area contributed by atoms with Crippen LogP contribution < -0.4 is 10.1 Å². The first-order chi connectivity index (χ1) is 14.3. The van der Waals surface area contributed by atoms with Crippen molar-refractivity contribution in [3.8, 4) is 11.4 Å². The highest BCUT2D eigenvalue weighted by Crippen LogP contribution is 2.28. The quantitative estimate of drug-likeness (QED) is 0.561. The average Bonchev–Trinajstić information content (AvgIpc) is 3.14. The van der Waals surface area contributed by atoms with Crippen LogP contribution in [0.4, 0.5) is 0 Å². The van der Waals surface area contributed by atoms with Crippen LogP contribution in [-0.2, 0) is 12.0 Å². The normalized spacial score (nSPS) is 11.4. The predicted molar refractivity (Wildman–Crippen MR) is 121 cm³/mol. The van der Waals surface area contributed by atoms with Crippen molar-refractivity contribution in [3.63, 3.8) is 0 Å². The number of aromatic nitrogens is 3. The van der Waals surface area contributed by atoms with Gasteiger partial charge < -0.3 is 10.1 Å². The molecule has 0 saturated heterocycles. The summed E-state index contributed by atoms with van der Waals surface area (Å²) >= 11 is 1.59. The maximum absolute atomic E-state index is 12.7. The Labute approximate surface area is 182 Å². The second-order valence-electron chi connectivity index (χ2n) is 7.85. The summed E-state index contributed by atoms with van der Waals surface area (Å²) in [6, 6.07) is 15.4. The molecular weight excluding hydrogens is 396 g/mol. The highest BCUT2D eigenvalue weighted by Gasteiger charge is 2.18. The van der Waals surface area contributed by atoms with Gasteiger partial charge in [0.15, 0.2) is 11.0 Å². The fraction of sp³-hybridized carbons (Fsp3) is 0.348. The number of carbonyl (C=O) groups excluding carboxylic acids is 1. The van der Waals surface area contributed by atoms with Gasteiger partial charge in [0.25, 0.3) is 5.91 Å². The summed E-state index contributed by atoms with van der Waals surface area (Å²) in [6.45, 7) is 8.78. The van der Waals surface area contributed by atoms with Gasteiger partial charge in [-0.1, -0.05) is 63.7 Å². The molecule has 158 valence electrons. The summed E-state index contributed by atoms with van der Waals surface area (Å²) in [5.74, 6) is 2.09. The van der Waals surface area contributed by atoms with E-state index in [1.807, 2.05) is 53.1 Å². The van der Waals surface area contributed by atoms with E-state index >= 15 is 0 Å². The van der Waals surface area contributed by atoms with Gasteiger partial charge >= 0.3 is 0 Å². The molecule has 0 aliphatic carbocycles. The molecule has 1 aromatic heterocycles. The van der Waals surface area contributed by atoms with Gasteiger partial charge in [0.2, 0.25) is 0 Å². The third kappa shape index (κ3) is 4.84. The van der Waals surface area contributed by atoms with Gasteiger partial charge in [0, 0.05) is 5.56 Å². The topological polar surface area (TPSA) is 69.0 Å². The minimum absolute atomic E-state index is 0.0491. The molecule has 0 spiro atoms. The van der Waals surface area contributed by atoms with Crippen molar-refractivity contribution in [1.82, 2.24) is 20.1 Å². The number of benzene rings is 2. The summed E-state index contributed by atoms with van der Waals surface area (Å²) in [4.78, 5) is 12.7. The molecule has 3 rings (SSSR count). The zero-order chi connectivity index (χ0) is 21.7. The van der Waals surface area contributed by atoms with Crippen molar-refractivity contribution in [2.45, 2.75) is 44.8 Å². The van der Waals surface area contributed by atoms with E-state index in [0.29, 0.717) is 11.4 Å². The maximum Gasteiger partial charge on any atom is 0.251 e. The van der Waals surface area contributed by atoms with Crippen molar-refractivity contribution in [3.05, 3.63) is 65.5 Å². The summed E-state index contributed by atoms with van der Waals surface area (Å²) < 4.78 is 7.46. The molecule has 1 N–H and O–H groups in total. The lowest BCUT2D eigenvalue weighted by Crippen LogP contribution is -2.25. The van der Waals surface area contributed by atoms with Crippen LogP contribution in [0.1, 0.15) is 49.4 Å². The van der Waals surface area contributed by atoms with Crippen LogP contribution in [-0.4, -0.2) is 33.5 Å². The lowest BCUT2D eigenvalue weighted by atomic mass is 9.87. The fourth-order valence-corrected chi connectivity index (χ4v) is 3.77. The molecule has 1 amide bonds. The largest absolute Gasteiger partial charge is 0.495 e. The monoisotopic (exact) mass is 424 g/mol. The number of hydrogen-bond acceptors (Lipinski definition) is 5. The number of carbonyl (C=O) groups is 1. The number of hydrogen-bond donors (Lipinski definition) is 1. The first-order valence-electron chi connectivity index (χ1n) is 9.94. The number of para-hydroxylation sites is 2. The Bertz CT molecular complexity index is 1010. The molecule has 0 bridgehead atoms. The van der Waals surface area contributed by atoms with Crippen molar-refractivity contribution in [2.24, 2.45) is 0 Å². The van der Waals surface area contributed by atoms with E-state index in [1.54, 1.807) is 18.9 Å². The number of rotatable bonds is 7. The molecule has 0 unspecified atom stereocenters. The number of methoxy groups -OCH3 is 1. The maximum atomic E-state index is 12.7. The van der Waals surface area contributed by atoms with Crippen LogP contribution in [0.25, 0.3) is 5.69 Å². The van der Waals surface area contributed by atoms with Crippen LogP contribution in [0.5, 0.6) is 5.75 Å². The Morgan fingerprint density at radius 3 is 2.43 bits per heavy atom. The van der Waals surface area contributed by atoms with E-state index in [2.05, 4.69) is 43.2 Å². The van der Waals surface area contributed by atoms with Gasteiger partial charge in [0.1, 0.15) is 5.75 Å². The van der Waals surface area contributed by atoms with E-state index in [4.69, 9.17) is 4.74 Å². The zero-order valence-corrected chi connectivity index (χ0v) is 18.9. The first-order valence-corrected chi connectivity index (χ1v) is 10.9. The van der Waals surface area contributed by atoms with Gasteiger partial charge in [-0.05, 0) is 41.0 Å². The molecule has 0 radical (unpaired) electrons.